The molecule has 1 fully saturated rings. The number of rotatable bonds is 6. The van der Waals surface area contributed by atoms with Gasteiger partial charge in [0.15, 0.2) is 0 Å². The van der Waals surface area contributed by atoms with Crippen LogP contribution < -0.4 is 5.73 Å². The van der Waals surface area contributed by atoms with Crippen LogP contribution in [0.4, 0.5) is 0 Å². The molecule has 2 aromatic carbocycles. The van der Waals surface area contributed by atoms with Gasteiger partial charge in [-0.2, -0.15) is 0 Å². The topological polar surface area (TPSA) is 114 Å². The molecule has 5 rings (SSSR count). The molecule has 4 aromatic rings. The van der Waals surface area contributed by atoms with E-state index in [9.17, 15) is 14.7 Å². The molecule has 1 unspecified atom stereocenters. The number of aromatic nitrogens is 3. The molecule has 1 atom stereocenters. The first kappa shape index (κ1) is 24.5. The summed E-state index contributed by atoms with van der Waals surface area (Å²) in [7, 11) is 0. The SMILES string of the molecule is CC(C)CC(C(=O)O)n1c(-c2ccc3[nH]ccc3c2)nc2ccccc21.NC(=O)C1CCCCC1. The largest absolute Gasteiger partial charge is 0.480 e. The molecule has 35 heavy (non-hydrogen) atoms. The first-order valence-electron chi connectivity index (χ1n) is 12.4. The van der Waals surface area contributed by atoms with Gasteiger partial charge >= 0.3 is 5.97 Å². The van der Waals surface area contributed by atoms with Gasteiger partial charge in [-0.1, -0.05) is 45.2 Å². The predicted molar refractivity (Wildman–Crippen MR) is 139 cm³/mol. The van der Waals surface area contributed by atoms with Crippen LogP contribution in [0.2, 0.25) is 0 Å². The predicted octanol–water partition coefficient (Wildman–Crippen LogP) is 5.91. The maximum Gasteiger partial charge on any atom is 0.326 e. The van der Waals surface area contributed by atoms with Crippen molar-refractivity contribution < 1.29 is 14.7 Å². The highest BCUT2D eigenvalue weighted by atomic mass is 16.4. The molecular formula is C28H34N4O3. The van der Waals surface area contributed by atoms with E-state index in [0.29, 0.717) is 12.2 Å². The number of fused-ring (bicyclic) bond motifs is 2. The fraction of sp³-hybridized carbons (Fsp3) is 0.393. The summed E-state index contributed by atoms with van der Waals surface area (Å²) in [5.41, 5.74) is 8.76. The van der Waals surface area contributed by atoms with Crippen LogP contribution in [0.1, 0.15) is 58.4 Å². The molecule has 1 amide bonds. The third-order valence-corrected chi connectivity index (χ3v) is 6.71. The molecule has 0 aliphatic heterocycles. The highest BCUT2D eigenvalue weighted by molar-refractivity contribution is 5.88. The quantitative estimate of drug-likeness (QED) is 0.322. The summed E-state index contributed by atoms with van der Waals surface area (Å²) in [5.74, 6) is 0.221. The molecule has 7 heteroatoms. The zero-order chi connectivity index (χ0) is 24.9. The smallest absolute Gasteiger partial charge is 0.326 e. The van der Waals surface area contributed by atoms with Gasteiger partial charge in [0.25, 0.3) is 0 Å². The van der Waals surface area contributed by atoms with Crippen molar-refractivity contribution in [3.8, 4) is 11.4 Å². The summed E-state index contributed by atoms with van der Waals surface area (Å²) in [6, 6.07) is 15.1. The number of H-pyrrole nitrogens is 1. The van der Waals surface area contributed by atoms with E-state index in [4.69, 9.17) is 10.7 Å². The van der Waals surface area contributed by atoms with Crippen LogP contribution in [0.25, 0.3) is 33.3 Å². The van der Waals surface area contributed by atoms with E-state index < -0.39 is 12.0 Å². The van der Waals surface area contributed by atoms with Crippen LogP contribution in [0.5, 0.6) is 0 Å². The van der Waals surface area contributed by atoms with Crippen molar-refractivity contribution in [2.45, 2.75) is 58.4 Å². The molecule has 0 spiro atoms. The fourth-order valence-electron chi connectivity index (χ4n) is 4.91. The van der Waals surface area contributed by atoms with Crippen molar-refractivity contribution in [1.29, 1.82) is 0 Å². The number of hydrogen-bond acceptors (Lipinski definition) is 3. The lowest BCUT2D eigenvalue weighted by atomic mass is 9.89. The first-order chi connectivity index (χ1) is 16.8. The molecule has 1 saturated carbocycles. The van der Waals surface area contributed by atoms with E-state index in [2.05, 4.69) is 11.1 Å². The molecule has 2 aromatic heterocycles. The molecule has 1 aliphatic carbocycles. The number of benzene rings is 2. The summed E-state index contributed by atoms with van der Waals surface area (Å²) < 4.78 is 1.88. The number of aliphatic carboxylic acids is 1. The second-order valence-corrected chi connectivity index (χ2v) is 9.79. The van der Waals surface area contributed by atoms with Crippen LogP contribution in [0.15, 0.2) is 54.7 Å². The van der Waals surface area contributed by atoms with Crippen LogP contribution in [-0.4, -0.2) is 31.5 Å². The number of primary amides is 1. The molecule has 0 radical (unpaired) electrons. The van der Waals surface area contributed by atoms with E-state index in [1.807, 2.05) is 67.1 Å². The molecule has 1 aliphatic rings. The molecule has 4 N–H and O–H groups in total. The number of carboxylic acids is 1. The number of aromatic amines is 1. The number of imidazole rings is 1. The van der Waals surface area contributed by atoms with Gasteiger partial charge in [0, 0.05) is 28.6 Å². The van der Waals surface area contributed by atoms with E-state index in [1.54, 1.807) is 0 Å². The lowest BCUT2D eigenvalue weighted by Crippen LogP contribution is -2.24. The van der Waals surface area contributed by atoms with Crippen LogP contribution >= 0.6 is 0 Å². The van der Waals surface area contributed by atoms with Crippen molar-refractivity contribution in [2.24, 2.45) is 17.6 Å². The van der Waals surface area contributed by atoms with Gasteiger partial charge in [0.1, 0.15) is 11.9 Å². The Labute approximate surface area is 205 Å². The Balaban J connectivity index is 0.000000271. The number of carbonyl (C=O) groups is 2. The summed E-state index contributed by atoms with van der Waals surface area (Å²) in [6.07, 6.45) is 8.15. The van der Waals surface area contributed by atoms with Gasteiger partial charge in [-0.3, -0.25) is 4.79 Å². The number of para-hydroxylation sites is 2. The van der Waals surface area contributed by atoms with Crippen molar-refractivity contribution in [3.05, 3.63) is 54.7 Å². The minimum atomic E-state index is -0.828. The molecule has 2 heterocycles. The average molecular weight is 475 g/mol. The minimum absolute atomic E-state index is 0.102. The van der Waals surface area contributed by atoms with Gasteiger partial charge in [0.2, 0.25) is 5.91 Å². The molecule has 7 nitrogen and oxygen atoms in total. The number of hydrogen-bond donors (Lipinski definition) is 3. The van der Waals surface area contributed by atoms with E-state index in [0.717, 1.165) is 40.3 Å². The van der Waals surface area contributed by atoms with Crippen LogP contribution in [0.3, 0.4) is 0 Å². The number of amides is 1. The highest BCUT2D eigenvalue weighted by Gasteiger charge is 2.26. The van der Waals surface area contributed by atoms with Crippen molar-refractivity contribution in [1.82, 2.24) is 14.5 Å². The van der Waals surface area contributed by atoms with Gasteiger partial charge in [0.05, 0.1) is 11.0 Å². The normalized spacial score (nSPS) is 15.2. The van der Waals surface area contributed by atoms with Gasteiger partial charge < -0.3 is 20.4 Å². The van der Waals surface area contributed by atoms with Gasteiger partial charge in [-0.15, -0.1) is 0 Å². The van der Waals surface area contributed by atoms with Crippen molar-refractivity contribution in [2.75, 3.05) is 0 Å². The summed E-state index contributed by atoms with van der Waals surface area (Å²) in [6.45, 7) is 4.08. The third kappa shape index (κ3) is 5.56. The first-order valence-corrected chi connectivity index (χ1v) is 12.4. The minimum Gasteiger partial charge on any atom is -0.480 e. The lowest BCUT2D eigenvalue weighted by Gasteiger charge is -2.20. The fourth-order valence-corrected chi connectivity index (χ4v) is 4.91. The lowest BCUT2D eigenvalue weighted by molar-refractivity contribution is -0.141. The average Bonchev–Trinajstić information content (AvgIpc) is 3.47. The number of carboxylic acid groups (broad SMARTS) is 1. The van der Waals surface area contributed by atoms with Crippen LogP contribution in [0, 0.1) is 11.8 Å². The number of nitrogens with one attached hydrogen (secondary N) is 1. The van der Waals surface area contributed by atoms with Gasteiger partial charge in [-0.25, -0.2) is 9.78 Å². The molecule has 184 valence electrons. The van der Waals surface area contributed by atoms with Crippen molar-refractivity contribution >= 4 is 33.8 Å². The van der Waals surface area contributed by atoms with E-state index >= 15 is 0 Å². The zero-order valence-electron chi connectivity index (χ0n) is 20.4. The second kappa shape index (κ2) is 10.8. The highest BCUT2D eigenvalue weighted by Crippen LogP contribution is 2.32. The third-order valence-electron chi connectivity index (χ3n) is 6.71. The summed E-state index contributed by atoms with van der Waals surface area (Å²) >= 11 is 0. The molecule has 0 saturated heterocycles. The number of nitrogens with two attached hydrogens (primary N) is 1. The maximum atomic E-state index is 12.1. The summed E-state index contributed by atoms with van der Waals surface area (Å²) in [5, 5.41) is 11.0. The maximum absolute atomic E-state index is 12.1. The van der Waals surface area contributed by atoms with Crippen LogP contribution in [-0.2, 0) is 9.59 Å². The molecule has 0 bridgehead atoms. The zero-order valence-corrected chi connectivity index (χ0v) is 20.4. The standard InChI is InChI=1S/C21H21N3O2.C7H13NO/c1-13(2)11-19(21(25)26)24-18-6-4-3-5-17(18)23-20(24)15-7-8-16-14(12-15)9-10-22-16;8-7(9)6-4-2-1-3-5-6/h3-10,12-13,19,22H,11H2,1-2H3,(H,25,26);6H,1-5H2,(H2,8,9). The Morgan fingerprint density at radius 3 is 2.51 bits per heavy atom. The Morgan fingerprint density at radius 2 is 1.86 bits per heavy atom. The molecular weight excluding hydrogens is 440 g/mol. The summed E-state index contributed by atoms with van der Waals surface area (Å²) in [4.78, 5) is 30.6. The van der Waals surface area contributed by atoms with Crippen molar-refractivity contribution in [3.63, 3.8) is 0 Å². The Kier molecular flexibility index (Phi) is 7.54. The van der Waals surface area contributed by atoms with Gasteiger partial charge in [-0.05, 0) is 61.6 Å². The Bertz CT molecular complexity index is 1310. The van der Waals surface area contributed by atoms with E-state index in [-0.39, 0.29) is 17.7 Å². The monoisotopic (exact) mass is 474 g/mol. The second-order valence-electron chi connectivity index (χ2n) is 9.79. The Hall–Kier alpha value is -3.61. The van der Waals surface area contributed by atoms with E-state index in [1.165, 1.54) is 19.3 Å². The Morgan fingerprint density at radius 1 is 1.11 bits per heavy atom. The number of nitrogens with zero attached hydrogens (tertiary/aromatic N) is 2. The number of carbonyl (C=O) groups excluding carboxylic acids is 1.